The number of aromatic amines is 1. The first-order valence-corrected chi connectivity index (χ1v) is 10.2. The van der Waals surface area contributed by atoms with Crippen molar-refractivity contribution in [2.24, 2.45) is 0 Å². The summed E-state index contributed by atoms with van der Waals surface area (Å²) in [6.07, 6.45) is 1.01. The normalized spacial score (nSPS) is 11.7. The molecule has 4 aromatic rings. The predicted octanol–water partition coefficient (Wildman–Crippen LogP) is 5.00. The summed E-state index contributed by atoms with van der Waals surface area (Å²) < 4.78 is 7.16. The third kappa shape index (κ3) is 3.96. The minimum atomic E-state index is -0.251. The molecule has 0 aliphatic rings. The quantitative estimate of drug-likeness (QED) is 0.474. The van der Waals surface area contributed by atoms with Crippen molar-refractivity contribution in [2.45, 2.75) is 39.2 Å². The van der Waals surface area contributed by atoms with Crippen molar-refractivity contribution in [3.8, 4) is 17.1 Å². The number of hydrogen-bond acceptors (Lipinski definition) is 4. The molecule has 0 bridgehead atoms. The summed E-state index contributed by atoms with van der Waals surface area (Å²) in [7, 11) is 0. The standard InChI is InChI=1S/C23H23ClN4O2/c1-4-23(2,3)16-10-11-19(18(24)12-16)30-14-17-13-20(29)28-22(25-17)26-21(27-28)15-8-6-5-7-9-15/h5-13H,4,14H2,1-3H3,(H,25,26,27). The Labute approximate surface area is 179 Å². The highest BCUT2D eigenvalue weighted by atomic mass is 35.5. The molecule has 0 atom stereocenters. The van der Waals surface area contributed by atoms with Crippen molar-refractivity contribution in [2.75, 3.05) is 0 Å². The van der Waals surface area contributed by atoms with E-state index >= 15 is 0 Å². The fourth-order valence-electron chi connectivity index (χ4n) is 3.12. The third-order valence-electron chi connectivity index (χ3n) is 5.40. The van der Waals surface area contributed by atoms with Crippen molar-refractivity contribution in [3.05, 3.63) is 81.2 Å². The smallest absolute Gasteiger partial charge is 0.274 e. The second-order valence-electron chi connectivity index (χ2n) is 7.83. The van der Waals surface area contributed by atoms with Crippen LogP contribution in [0, 0.1) is 0 Å². The lowest BCUT2D eigenvalue weighted by Gasteiger charge is -2.24. The molecule has 2 heterocycles. The van der Waals surface area contributed by atoms with Gasteiger partial charge in [0.2, 0.25) is 0 Å². The highest BCUT2D eigenvalue weighted by Gasteiger charge is 2.19. The molecule has 0 aliphatic heterocycles. The molecular formula is C23H23ClN4O2. The molecule has 0 aliphatic carbocycles. The molecule has 0 saturated heterocycles. The number of nitrogens with one attached hydrogen (secondary N) is 1. The third-order valence-corrected chi connectivity index (χ3v) is 5.70. The van der Waals surface area contributed by atoms with Crippen LogP contribution in [0.1, 0.15) is 38.4 Å². The van der Waals surface area contributed by atoms with E-state index in [9.17, 15) is 4.79 Å². The molecule has 6 nitrogen and oxygen atoms in total. The summed E-state index contributed by atoms with van der Waals surface area (Å²) >= 11 is 6.43. The summed E-state index contributed by atoms with van der Waals surface area (Å²) in [6.45, 7) is 6.63. The van der Waals surface area contributed by atoms with E-state index in [0.29, 0.717) is 28.1 Å². The van der Waals surface area contributed by atoms with Crippen molar-refractivity contribution < 1.29 is 4.74 Å². The number of nitrogens with zero attached hydrogens (tertiary/aromatic N) is 3. The largest absolute Gasteiger partial charge is 0.486 e. The van der Waals surface area contributed by atoms with Crippen molar-refractivity contribution in [3.63, 3.8) is 0 Å². The molecule has 7 heteroatoms. The van der Waals surface area contributed by atoms with Crippen molar-refractivity contribution in [1.29, 1.82) is 0 Å². The molecule has 0 spiro atoms. The Kier molecular flexibility index (Phi) is 5.35. The first-order valence-electron chi connectivity index (χ1n) is 9.84. The van der Waals surface area contributed by atoms with Gasteiger partial charge in [-0.3, -0.25) is 9.89 Å². The average molecular weight is 423 g/mol. The lowest BCUT2D eigenvalue weighted by Crippen LogP contribution is -2.17. The maximum atomic E-state index is 12.5. The lowest BCUT2D eigenvalue weighted by molar-refractivity contribution is 0.301. The molecule has 0 fully saturated rings. The Bertz CT molecular complexity index is 1250. The fraction of sp³-hybridized carbons (Fsp3) is 0.261. The van der Waals surface area contributed by atoms with Gasteiger partial charge in [0.15, 0.2) is 5.82 Å². The van der Waals surface area contributed by atoms with Crippen LogP contribution in [-0.2, 0) is 12.0 Å². The molecular weight excluding hydrogens is 400 g/mol. The Morgan fingerprint density at radius 2 is 1.87 bits per heavy atom. The highest BCUT2D eigenvalue weighted by molar-refractivity contribution is 6.32. The number of halogens is 1. The second-order valence-corrected chi connectivity index (χ2v) is 8.24. The van der Waals surface area contributed by atoms with Crippen LogP contribution < -0.4 is 10.3 Å². The zero-order chi connectivity index (χ0) is 21.3. The molecule has 0 unspecified atom stereocenters. The Balaban J connectivity index is 1.57. The minimum Gasteiger partial charge on any atom is -0.486 e. The minimum absolute atomic E-state index is 0.0415. The van der Waals surface area contributed by atoms with Gasteiger partial charge in [0.05, 0.1) is 10.7 Å². The predicted molar refractivity (Wildman–Crippen MR) is 118 cm³/mol. The summed E-state index contributed by atoms with van der Waals surface area (Å²) in [5.41, 5.74) is 2.31. The fourth-order valence-corrected chi connectivity index (χ4v) is 3.36. The molecule has 4 rings (SSSR count). The maximum absolute atomic E-state index is 12.5. The zero-order valence-electron chi connectivity index (χ0n) is 17.1. The highest BCUT2D eigenvalue weighted by Crippen LogP contribution is 2.33. The van der Waals surface area contributed by atoms with E-state index in [-0.39, 0.29) is 17.6 Å². The molecule has 30 heavy (non-hydrogen) atoms. The molecule has 0 amide bonds. The Hall–Kier alpha value is -3.12. The summed E-state index contributed by atoms with van der Waals surface area (Å²) in [4.78, 5) is 21.4. The van der Waals surface area contributed by atoms with E-state index in [1.807, 2.05) is 48.5 Å². The lowest BCUT2D eigenvalue weighted by atomic mass is 9.82. The molecule has 154 valence electrons. The van der Waals surface area contributed by atoms with E-state index in [1.165, 1.54) is 10.6 Å². The molecule has 2 aromatic carbocycles. The number of H-pyrrole nitrogens is 1. The second kappa shape index (κ2) is 7.95. The van der Waals surface area contributed by atoms with E-state index in [0.717, 1.165) is 17.5 Å². The number of hydrogen-bond donors (Lipinski definition) is 1. The summed E-state index contributed by atoms with van der Waals surface area (Å²) in [5, 5.41) is 3.52. The summed E-state index contributed by atoms with van der Waals surface area (Å²) in [5.74, 6) is 1.43. The van der Waals surface area contributed by atoms with Gasteiger partial charge in [0.1, 0.15) is 12.4 Å². The number of rotatable bonds is 6. The number of ether oxygens (including phenoxy) is 1. The van der Waals surface area contributed by atoms with Crippen LogP contribution in [0.25, 0.3) is 17.2 Å². The van der Waals surface area contributed by atoms with E-state index in [1.54, 1.807) is 0 Å². The topological polar surface area (TPSA) is 72.3 Å². The van der Waals surface area contributed by atoms with Gasteiger partial charge >= 0.3 is 0 Å². The van der Waals surface area contributed by atoms with Gasteiger partial charge < -0.3 is 4.74 Å². The van der Waals surface area contributed by atoms with Gasteiger partial charge in [-0.2, -0.15) is 9.50 Å². The van der Waals surface area contributed by atoms with Crippen LogP contribution in [0.15, 0.2) is 59.4 Å². The van der Waals surface area contributed by atoms with E-state index < -0.39 is 0 Å². The zero-order valence-corrected chi connectivity index (χ0v) is 17.9. The average Bonchev–Trinajstić information content (AvgIpc) is 3.18. The number of fused-ring (bicyclic) bond motifs is 1. The first kappa shape index (κ1) is 20.2. The van der Waals surface area contributed by atoms with E-state index in [4.69, 9.17) is 16.3 Å². The Morgan fingerprint density at radius 1 is 1.10 bits per heavy atom. The van der Waals surface area contributed by atoms with Crippen LogP contribution in [-0.4, -0.2) is 19.6 Å². The first-order chi connectivity index (χ1) is 14.4. The van der Waals surface area contributed by atoms with Gasteiger partial charge in [-0.1, -0.05) is 68.8 Å². The van der Waals surface area contributed by atoms with Gasteiger partial charge in [0.25, 0.3) is 11.3 Å². The van der Waals surface area contributed by atoms with Crippen LogP contribution in [0.3, 0.4) is 0 Å². The van der Waals surface area contributed by atoms with Gasteiger partial charge in [-0.25, -0.2) is 4.98 Å². The van der Waals surface area contributed by atoms with E-state index in [2.05, 4.69) is 35.8 Å². The van der Waals surface area contributed by atoms with Crippen LogP contribution in [0.4, 0.5) is 0 Å². The maximum Gasteiger partial charge on any atom is 0.274 e. The van der Waals surface area contributed by atoms with Crippen molar-refractivity contribution in [1.82, 2.24) is 19.6 Å². The van der Waals surface area contributed by atoms with Gasteiger partial charge in [0, 0.05) is 11.6 Å². The molecule has 0 saturated carbocycles. The number of benzene rings is 2. The molecule has 2 aromatic heterocycles. The van der Waals surface area contributed by atoms with Crippen LogP contribution >= 0.6 is 11.6 Å². The van der Waals surface area contributed by atoms with Crippen LogP contribution in [0.2, 0.25) is 5.02 Å². The SMILES string of the molecule is CCC(C)(C)c1ccc(OCc2cc(=O)n3[nH]c(-c4ccccc4)nc3n2)c(Cl)c1. The van der Waals surface area contributed by atoms with Gasteiger partial charge in [-0.15, -0.1) is 0 Å². The summed E-state index contributed by atoms with van der Waals surface area (Å²) in [6, 6.07) is 16.8. The molecule has 1 N–H and O–H groups in total. The van der Waals surface area contributed by atoms with Crippen molar-refractivity contribution >= 4 is 17.4 Å². The van der Waals surface area contributed by atoms with Gasteiger partial charge in [-0.05, 0) is 29.5 Å². The Morgan fingerprint density at radius 3 is 2.57 bits per heavy atom. The van der Waals surface area contributed by atoms with Crippen LogP contribution in [0.5, 0.6) is 5.75 Å². The number of aromatic nitrogens is 4. The monoisotopic (exact) mass is 422 g/mol. The molecule has 0 radical (unpaired) electrons.